The number of alkyl halides is 2. The minimum atomic E-state index is -2.59. The van der Waals surface area contributed by atoms with Crippen molar-refractivity contribution in [3.05, 3.63) is 0 Å². The van der Waals surface area contributed by atoms with Crippen molar-refractivity contribution in [2.45, 2.75) is 25.7 Å². The molecule has 0 aromatic carbocycles. The Morgan fingerprint density at radius 3 is 2.75 bits per heavy atom. The fraction of sp³-hybridized carbons (Fsp3) is 0.875. The normalized spacial score (nSPS) is 23.9. The molecule has 0 aromatic rings. The van der Waals surface area contributed by atoms with Crippen LogP contribution in [0.3, 0.4) is 0 Å². The Morgan fingerprint density at radius 1 is 1.58 bits per heavy atom. The smallest absolute Gasteiger partial charge is 0.260 e. The summed E-state index contributed by atoms with van der Waals surface area (Å²) in [5.74, 6) is -2.64. The van der Waals surface area contributed by atoms with Crippen LogP contribution in [0.1, 0.15) is 19.8 Å². The summed E-state index contributed by atoms with van der Waals surface area (Å²) in [7, 11) is 0. The molecule has 1 fully saturated rings. The predicted octanol–water partition coefficient (Wildman–Crippen LogP) is 1.31. The van der Waals surface area contributed by atoms with Gasteiger partial charge in [0, 0.05) is 6.42 Å². The summed E-state index contributed by atoms with van der Waals surface area (Å²) in [4.78, 5) is 12.2. The highest BCUT2D eigenvalue weighted by Crippen LogP contribution is 2.25. The highest BCUT2D eigenvalue weighted by atomic mass is 19.3. The second kappa shape index (κ2) is 3.47. The van der Waals surface area contributed by atoms with Crippen LogP contribution in [-0.2, 0) is 4.79 Å². The maximum atomic E-state index is 12.8. The van der Waals surface area contributed by atoms with Crippen molar-refractivity contribution in [1.29, 1.82) is 0 Å². The molecule has 1 aliphatic heterocycles. The lowest BCUT2D eigenvalue weighted by molar-refractivity contribution is -0.121. The number of carbonyl (C=O) groups is 1. The molecule has 1 saturated heterocycles. The van der Waals surface area contributed by atoms with Crippen molar-refractivity contribution in [1.82, 2.24) is 4.90 Å². The molecular formula is C8H13F2NO. The molecule has 4 heteroatoms. The van der Waals surface area contributed by atoms with E-state index in [-0.39, 0.29) is 25.3 Å². The summed E-state index contributed by atoms with van der Waals surface area (Å²) >= 11 is 0. The summed E-state index contributed by atoms with van der Waals surface area (Å²) < 4.78 is 25.5. The van der Waals surface area contributed by atoms with Gasteiger partial charge in [-0.2, -0.15) is 0 Å². The number of nitrogens with zero attached hydrogens (tertiary/aromatic N) is 1. The van der Waals surface area contributed by atoms with Gasteiger partial charge in [-0.25, -0.2) is 8.78 Å². The van der Waals surface area contributed by atoms with E-state index in [0.717, 1.165) is 0 Å². The van der Waals surface area contributed by atoms with E-state index in [9.17, 15) is 13.6 Å². The molecule has 0 amide bonds. The third-order valence-corrected chi connectivity index (χ3v) is 1.92. The topological polar surface area (TPSA) is 20.3 Å². The SMILES string of the molecule is CC(=O)CN1CCCC(F)(F)C1. The maximum absolute atomic E-state index is 12.8. The highest BCUT2D eigenvalue weighted by molar-refractivity contribution is 5.77. The van der Waals surface area contributed by atoms with Gasteiger partial charge in [0.15, 0.2) is 0 Å². The highest BCUT2D eigenvalue weighted by Gasteiger charge is 2.35. The second-order valence-corrected chi connectivity index (χ2v) is 3.37. The van der Waals surface area contributed by atoms with Crippen LogP contribution in [0.4, 0.5) is 8.78 Å². The molecule has 70 valence electrons. The molecular weight excluding hydrogens is 164 g/mol. The Bertz CT molecular complexity index is 182. The zero-order valence-electron chi connectivity index (χ0n) is 7.15. The molecule has 1 heterocycles. The minimum Gasteiger partial charge on any atom is -0.299 e. The first-order valence-corrected chi connectivity index (χ1v) is 4.09. The van der Waals surface area contributed by atoms with Gasteiger partial charge in [0.1, 0.15) is 5.78 Å². The van der Waals surface area contributed by atoms with Crippen molar-refractivity contribution in [3.63, 3.8) is 0 Å². The molecule has 0 atom stereocenters. The van der Waals surface area contributed by atoms with Crippen LogP contribution in [0.15, 0.2) is 0 Å². The van der Waals surface area contributed by atoms with Gasteiger partial charge in [0.2, 0.25) is 0 Å². The number of halogens is 2. The molecule has 0 spiro atoms. The van der Waals surface area contributed by atoms with E-state index in [0.29, 0.717) is 13.0 Å². The third kappa shape index (κ3) is 2.85. The van der Waals surface area contributed by atoms with Gasteiger partial charge < -0.3 is 0 Å². The molecule has 1 aliphatic rings. The first-order valence-electron chi connectivity index (χ1n) is 4.09. The zero-order chi connectivity index (χ0) is 9.19. The average molecular weight is 177 g/mol. The van der Waals surface area contributed by atoms with Crippen molar-refractivity contribution in [2.24, 2.45) is 0 Å². The van der Waals surface area contributed by atoms with Crippen molar-refractivity contribution in [2.75, 3.05) is 19.6 Å². The Balaban J connectivity index is 2.41. The van der Waals surface area contributed by atoms with Crippen LogP contribution in [0.5, 0.6) is 0 Å². The summed E-state index contributed by atoms with van der Waals surface area (Å²) in [5.41, 5.74) is 0. The van der Waals surface area contributed by atoms with Gasteiger partial charge in [0.25, 0.3) is 5.92 Å². The molecule has 0 radical (unpaired) electrons. The number of hydrogen-bond acceptors (Lipinski definition) is 2. The Kier molecular flexibility index (Phi) is 2.77. The van der Waals surface area contributed by atoms with Crippen LogP contribution in [0, 0.1) is 0 Å². The molecule has 0 bridgehead atoms. The first kappa shape index (κ1) is 9.58. The van der Waals surface area contributed by atoms with Crippen LogP contribution in [0.2, 0.25) is 0 Å². The molecule has 0 saturated carbocycles. The fourth-order valence-electron chi connectivity index (χ4n) is 1.50. The third-order valence-electron chi connectivity index (χ3n) is 1.92. The second-order valence-electron chi connectivity index (χ2n) is 3.37. The number of rotatable bonds is 2. The molecule has 12 heavy (non-hydrogen) atoms. The summed E-state index contributed by atoms with van der Waals surface area (Å²) in [6.45, 7) is 1.95. The van der Waals surface area contributed by atoms with Gasteiger partial charge in [-0.1, -0.05) is 0 Å². The summed E-state index contributed by atoms with van der Waals surface area (Å²) in [6.07, 6.45) is 0.446. The minimum absolute atomic E-state index is 0.0403. The van der Waals surface area contributed by atoms with Gasteiger partial charge >= 0.3 is 0 Å². The van der Waals surface area contributed by atoms with Crippen LogP contribution in [0.25, 0.3) is 0 Å². The lowest BCUT2D eigenvalue weighted by Crippen LogP contribution is -2.44. The first-order chi connectivity index (χ1) is 5.49. The van der Waals surface area contributed by atoms with E-state index in [4.69, 9.17) is 0 Å². The van der Waals surface area contributed by atoms with Crippen LogP contribution >= 0.6 is 0 Å². The van der Waals surface area contributed by atoms with E-state index < -0.39 is 5.92 Å². The monoisotopic (exact) mass is 177 g/mol. The largest absolute Gasteiger partial charge is 0.299 e. The summed E-state index contributed by atoms with van der Waals surface area (Å²) in [5, 5.41) is 0. The van der Waals surface area contributed by atoms with Crippen molar-refractivity contribution >= 4 is 5.78 Å². The van der Waals surface area contributed by atoms with E-state index in [2.05, 4.69) is 0 Å². The number of carbonyl (C=O) groups excluding carboxylic acids is 1. The Morgan fingerprint density at radius 2 is 2.25 bits per heavy atom. The average Bonchev–Trinajstić information content (AvgIpc) is 1.82. The van der Waals surface area contributed by atoms with Crippen LogP contribution in [-0.4, -0.2) is 36.2 Å². The van der Waals surface area contributed by atoms with Gasteiger partial charge in [-0.05, 0) is 19.9 Å². The van der Waals surface area contributed by atoms with Gasteiger partial charge in [0.05, 0.1) is 13.1 Å². The molecule has 0 N–H and O–H groups in total. The summed E-state index contributed by atoms with van der Waals surface area (Å²) in [6, 6.07) is 0. The lowest BCUT2D eigenvalue weighted by Gasteiger charge is -2.31. The molecule has 1 rings (SSSR count). The number of ketones is 1. The quantitative estimate of drug-likeness (QED) is 0.633. The number of Topliss-reactive ketones (excluding diaryl/α,β-unsaturated/α-hetero) is 1. The van der Waals surface area contributed by atoms with Crippen LogP contribution < -0.4 is 0 Å². The van der Waals surface area contributed by atoms with E-state index in [1.165, 1.54) is 11.8 Å². The maximum Gasteiger partial charge on any atom is 0.260 e. The number of likely N-dealkylation sites (tertiary alicyclic amines) is 1. The van der Waals surface area contributed by atoms with E-state index >= 15 is 0 Å². The number of hydrogen-bond donors (Lipinski definition) is 0. The molecule has 0 unspecified atom stereocenters. The van der Waals surface area contributed by atoms with Crippen molar-refractivity contribution in [3.8, 4) is 0 Å². The fourth-order valence-corrected chi connectivity index (χ4v) is 1.50. The van der Waals surface area contributed by atoms with Gasteiger partial charge in [-0.15, -0.1) is 0 Å². The van der Waals surface area contributed by atoms with Crippen molar-refractivity contribution < 1.29 is 13.6 Å². The Hall–Kier alpha value is -0.510. The molecule has 0 aromatic heterocycles. The molecule has 2 nitrogen and oxygen atoms in total. The lowest BCUT2D eigenvalue weighted by atomic mass is 10.1. The van der Waals surface area contributed by atoms with E-state index in [1.807, 2.05) is 0 Å². The number of piperidine rings is 1. The van der Waals surface area contributed by atoms with E-state index in [1.54, 1.807) is 0 Å². The predicted molar refractivity (Wildman–Crippen MR) is 41.3 cm³/mol. The van der Waals surface area contributed by atoms with Gasteiger partial charge in [-0.3, -0.25) is 9.69 Å². The molecule has 0 aliphatic carbocycles. The zero-order valence-corrected chi connectivity index (χ0v) is 7.15. The standard InChI is InChI=1S/C8H13F2NO/c1-7(12)5-11-4-2-3-8(9,10)6-11/h2-6H2,1H3. The Labute approximate surface area is 70.5 Å².